The Kier molecular flexibility index (Phi) is 7.24. The molecule has 1 rings (SSSR count). The molecule has 0 amide bonds. The second-order valence-electron chi connectivity index (χ2n) is 5.61. The van der Waals surface area contributed by atoms with E-state index in [-0.39, 0.29) is 11.9 Å². The van der Waals surface area contributed by atoms with Crippen molar-refractivity contribution in [2.24, 2.45) is 11.8 Å². The smallest absolute Gasteiger partial charge is 0.130 e. The Bertz CT molecular complexity index is 420. The number of allylic oxidation sites excluding steroid dienone is 1. The van der Waals surface area contributed by atoms with Gasteiger partial charge in [-0.1, -0.05) is 56.3 Å². The lowest BCUT2D eigenvalue weighted by Crippen LogP contribution is -2.10. The minimum absolute atomic E-state index is 0.0811. The van der Waals surface area contributed by atoms with Crippen molar-refractivity contribution in [1.82, 2.24) is 0 Å². The standard InChI is InChI=1S/C18H26O2/c1-14(2)17(13-15(3)19)11-8-12-18(20-4)16-9-6-5-7-10-16/h5-11,14,17-18H,12-13H2,1-4H3/b11-8+/t17-,18+/m0/s1. The molecular formula is C18H26O2. The summed E-state index contributed by atoms with van der Waals surface area (Å²) in [5, 5.41) is 0. The lowest BCUT2D eigenvalue weighted by molar-refractivity contribution is -0.117. The van der Waals surface area contributed by atoms with Gasteiger partial charge in [0.05, 0.1) is 6.10 Å². The third-order valence-corrected chi connectivity index (χ3v) is 3.57. The third-order valence-electron chi connectivity index (χ3n) is 3.57. The van der Waals surface area contributed by atoms with Crippen molar-refractivity contribution in [2.75, 3.05) is 7.11 Å². The van der Waals surface area contributed by atoms with Crippen LogP contribution in [0.15, 0.2) is 42.5 Å². The zero-order valence-electron chi connectivity index (χ0n) is 13.0. The topological polar surface area (TPSA) is 26.3 Å². The monoisotopic (exact) mass is 274 g/mol. The number of rotatable bonds is 8. The van der Waals surface area contributed by atoms with E-state index in [9.17, 15) is 4.79 Å². The molecule has 0 fully saturated rings. The van der Waals surface area contributed by atoms with E-state index < -0.39 is 0 Å². The van der Waals surface area contributed by atoms with Crippen LogP contribution in [0.3, 0.4) is 0 Å². The number of Topliss-reactive ketones (excluding diaryl/α,β-unsaturated/α-hetero) is 1. The Hall–Kier alpha value is -1.41. The van der Waals surface area contributed by atoms with Crippen molar-refractivity contribution in [3.8, 4) is 0 Å². The Morgan fingerprint density at radius 3 is 2.40 bits per heavy atom. The van der Waals surface area contributed by atoms with Crippen LogP contribution >= 0.6 is 0 Å². The highest BCUT2D eigenvalue weighted by Gasteiger charge is 2.13. The van der Waals surface area contributed by atoms with Gasteiger partial charge in [-0.15, -0.1) is 0 Å². The maximum absolute atomic E-state index is 11.3. The van der Waals surface area contributed by atoms with Crippen LogP contribution in [0.4, 0.5) is 0 Å². The Morgan fingerprint density at radius 2 is 1.90 bits per heavy atom. The van der Waals surface area contributed by atoms with Gasteiger partial charge < -0.3 is 9.53 Å². The minimum atomic E-state index is 0.0811. The molecule has 0 aliphatic rings. The molecule has 2 atom stereocenters. The molecular weight excluding hydrogens is 248 g/mol. The van der Waals surface area contributed by atoms with Gasteiger partial charge in [0.1, 0.15) is 5.78 Å². The van der Waals surface area contributed by atoms with Crippen LogP contribution in [0.5, 0.6) is 0 Å². The Morgan fingerprint density at radius 1 is 1.25 bits per heavy atom. The van der Waals surface area contributed by atoms with E-state index in [2.05, 4.69) is 38.1 Å². The number of ketones is 1. The summed E-state index contributed by atoms with van der Waals surface area (Å²) in [7, 11) is 1.74. The molecule has 0 unspecified atom stereocenters. The van der Waals surface area contributed by atoms with Crippen LogP contribution in [0.2, 0.25) is 0 Å². The van der Waals surface area contributed by atoms with Gasteiger partial charge >= 0.3 is 0 Å². The summed E-state index contributed by atoms with van der Waals surface area (Å²) in [6, 6.07) is 10.2. The van der Waals surface area contributed by atoms with E-state index in [0.717, 1.165) is 6.42 Å². The van der Waals surface area contributed by atoms with Gasteiger partial charge in [-0.2, -0.15) is 0 Å². The van der Waals surface area contributed by atoms with E-state index in [4.69, 9.17) is 4.74 Å². The summed E-state index contributed by atoms with van der Waals surface area (Å²) < 4.78 is 5.54. The quantitative estimate of drug-likeness (QED) is 0.649. The molecule has 20 heavy (non-hydrogen) atoms. The van der Waals surface area contributed by atoms with Crippen molar-refractivity contribution < 1.29 is 9.53 Å². The molecule has 0 bridgehead atoms. The van der Waals surface area contributed by atoms with Crippen LogP contribution in [0.25, 0.3) is 0 Å². The zero-order valence-corrected chi connectivity index (χ0v) is 13.0. The lowest BCUT2D eigenvalue weighted by atomic mass is 9.90. The molecule has 1 aromatic carbocycles. The first kappa shape index (κ1) is 16.6. The molecule has 0 spiro atoms. The average Bonchev–Trinajstić information content (AvgIpc) is 2.42. The number of methoxy groups -OCH3 is 1. The van der Waals surface area contributed by atoms with Gasteiger partial charge in [-0.05, 0) is 30.7 Å². The summed E-state index contributed by atoms with van der Waals surface area (Å²) >= 11 is 0. The Labute approximate surface area is 122 Å². The van der Waals surface area contributed by atoms with E-state index in [1.54, 1.807) is 14.0 Å². The van der Waals surface area contributed by atoms with Crippen molar-refractivity contribution in [1.29, 1.82) is 0 Å². The number of ether oxygens (including phenoxy) is 1. The van der Waals surface area contributed by atoms with Gasteiger partial charge in [0.15, 0.2) is 0 Å². The highest BCUT2D eigenvalue weighted by atomic mass is 16.5. The van der Waals surface area contributed by atoms with Gasteiger partial charge in [0.25, 0.3) is 0 Å². The van der Waals surface area contributed by atoms with E-state index in [1.165, 1.54) is 5.56 Å². The van der Waals surface area contributed by atoms with Crippen molar-refractivity contribution in [2.45, 2.75) is 39.7 Å². The lowest BCUT2D eigenvalue weighted by Gasteiger charge is -2.17. The van der Waals surface area contributed by atoms with Crippen molar-refractivity contribution in [3.63, 3.8) is 0 Å². The first-order valence-corrected chi connectivity index (χ1v) is 7.28. The molecule has 0 aliphatic carbocycles. The summed E-state index contributed by atoms with van der Waals surface area (Å²) in [5.74, 6) is 1.05. The van der Waals surface area contributed by atoms with Gasteiger partial charge in [0.2, 0.25) is 0 Å². The van der Waals surface area contributed by atoms with Gasteiger partial charge in [0, 0.05) is 13.5 Å². The van der Waals surface area contributed by atoms with Gasteiger partial charge in [-0.3, -0.25) is 0 Å². The zero-order chi connectivity index (χ0) is 15.0. The molecule has 2 nitrogen and oxygen atoms in total. The molecule has 0 saturated heterocycles. The fourth-order valence-electron chi connectivity index (χ4n) is 2.27. The van der Waals surface area contributed by atoms with Crippen LogP contribution < -0.4 is 0 Å². The molecule has 0 heterocycles. The highest BCUT2D eigenvalue weighted by Crippen LogP contribution is 2.23. The van der Waals surface area contributed by atoms with E-state index >= 15 is 0 Å². The van der Waals surface area contributed by atoms with Crippen LogP contribution in [-0.4, -0.2) is 12.9 Å². The number of benzene rings is 1. The predicted molar refractivity (Wildman–Crippen MR) is 83.6 cm³/mol. The normalized spacial score (nSPS) is 14.7. The number of carbonyl (C=O) groups is 1. The first-order chi connectivity index (χ1) is 9.54. The third kappa shape index (κ3) is 5.70. The number of carbonyl (C=O) groups excluding carboxylic acids is 1. The summed E-state index contributed by atoms with van der Waals surface area (Å²) in [5.41, 5.74) is 1.19. The van der Waals surface area contributed by atoms with Crippen LogP contribution in [0.1, 0.15) is 45.3 Å². The molecule has 0 aromatic heterocycles. The average molecular weight is 274 g/mol. The Balaban J connectivity index is 2.62. The van der Waals surface area contributed by atoms with Crippen LogP contribution in [0, 0.1) is 11.8 Å². The predicted octanol–water partition coefficient (Wildman–Crippen LogP) is 4.57. The minimum Gasteiger partial charge on any atom is -0.376 e. The van der Waals surface area contributed by atoms with E-state index in [1.807, 2.05) is 18.2 Å². The fraction of sp³-hybridized carbons (Fsp3) is 0.500. The van der Waals surface area contributed by atoms with Crippen LogP contribution in [-0.2, 0) is 9.53 Å². The second kappa shape index (κ2) is 8.70. The molecule has 110 valence electrons. The summed E-state index contributed by atoms with van der Waals surface area (Å²) in [6.07, 6.45) is 5.85. The first-order valence-electron chi connectivity index (χ1n) is 7.28. The number of hydrogen-bond acceptors (Lipinski definition) is 2. The maximum Gasteiger partial charge on any atom is 0.130 e. The highest BCUT2D eigenvalue weighted by molar-refractivity contribution is 5.75. The molecule has 1 aromatic rings. The van der Waals surface area contributed by atoms with Crippen molar-refractivity contribution >= 4 is 5.78 Å². The maximum atomic E-state index is 11.3. The molecule has 0 saturated carbocycles. The van der Waals surface area contributed by atoms with E-state index in [0.29, 0.717) is 18.3 Å². The molecule has 0 aliphatic heterocycles. The fourth-order valence-corrected chi connectivity index (χ4v) is 2.27. The molecule has 0 N–H and O–H groups in total. The van der Waals surface area contributed by atoms with Gasteiger partial charge in [-0.25, -0.2) is 0 Å². The molecule has 0 radical (unpaired) electrons. The molecule has 2 heteroatoms. The SMILES string of the molecule is CO[C@H](C/C=C/[C@@H](CC(C)=O)C(C)C)c1ccccc1. The number of hydrogen-bond donors (Lipinski definition) is 0. The largest absolute Gasteiger partial charge is 0.376 e. The summed E-state index contributed by atoms with van der Waals surface area (Å²) in [4.78, 5) is 11.3. The summed E-state index contributed by atoms with van der Waals surface area (Å²) in [6.45, 7) is 5.97. The van der Waals surface area contributed by atoms with Crippen molar-refractivity contribution in [3.05, 3.63) is 48.0 Å². The second-order valence-corrected chi connectivity index (χ2v) is 5.61.